The number of benzene rings is 1. The SMILES string of the molecule is COCC(C)NC(=O)Cn1ccc2c(C#N)cccc21. The van der Waals surface area contributed by atoms with E-state index < -0.39 is 0 Å². The first kappa shape index (κ1) is 14.1. The molecule has 0 radical (unpaired) electrons. The lowest BCUT2D eigenvalue weighted by atomic mass is 10.1. The monoisotopic (exact) mass is 271 g/mol. The zero-order valence-corrected chi connectivity index (χ0v) is 11.6. The highest BCUT2D eigenvalue weighted by molar-refractivity contribution is 5.87. The number of aromatic nitrogens is 1. The highest BCUT2D eigenvalue weighted by Gasteiger charge is 2.10. The maximum atomic E-state index is 11.9. The van der Waals surface area contributed by atoms with Crippen LogP contribution < -0.4 is 5.32 Å². The second-order valence-corrected chi connectivity index (χ2v) is 4.72. The Bertz CT molecular complexity index is 655. The second-order valence-electron chi connectivity index (χ2n) is 4.72. The van der Waals surface area contributed by atoms with Gasteiger partial charge in [0.25, 0.3) is 0 Å². The van der Waals surface area contributed by atoms with Crippen LogP contribution in [0.25, 0.3) is 10.9 Å². The van der Waals surface area contributed by atoms with Gasteiger partial charge in [-0.15, -0.1) is 0 Å². The van der Waals surface area contributed by atoms with Crippen molar-refractivity contribution in [3.63, 3.8) is 0 Å². The minimum atomic E-state index is -0.0746. The summed E-state index contributed by atoms with van der Waals surface area (Å²) in [6.45, 7) is 2.60. The first-order chi connectivity index (χ1) is 9.65. The van der Waals surface area contributed by atoms with Crippen molar-refractivity contribution in [3.05, 3.63) is 36.0 Å². The van der Waals surface area contributed by atoms with Gasteiger partial charge in [-0.1, -0.05) is 6.07 Å². The zero-order valence-electron chi connectivity index (χ0n) is 11.6. The number of methoxy groups -OCH3 is 1. The number of rotatable bonds is 5. The van der Waals surface area contributed by atoms with E-state index in [4.69, 9.17) is 10.00 Å². The van der Waals surface area contributed by atoms with Gasteiger partial charge in [0.2, 0.25) is 5.91 Å². The Morgan fingerprint density at radius 3 is 3.00 bits per heavy atom. The highest BCUT2D eigenvalue weighted by Crippen LogP contribution is 2.19. The Balaban J connectivity index is 2.15. The molecule has 0 aliphatic heterocycles. The lowest BCUT2D eigenvalue weighted by Crippen LogP contribution is -2.37. The van der Waals surface area contributed by atoms with E-state index in [1.165, 1.54) is 0 Å². The molecule has 5 heteroatoms. The fourth-order valence-corrected chi connectivity index (χ4v) is 2.23. The topological polar surface area (TPSA) is 67.0 Å². The normalized spacial score (nSPS) is 12.1. The summed E-state index contributed by atoms with van der Waals surface area (Å²) in [6.07, 6.45) is 1.83. The predicted octanol–water partition coefficient (Wildman–Crippen LogP) is 1.66. The molecule has 0 bridgehead atoms. The molecule has 1 unspecified atom stereocenters. The molecule has 1 atom stereocenters. The van der Waals surface area contributed by atoms with Crippen molar-refractivity contribution >= 4 is 16.8 Å². The molecule has 2 rings (SSSR count). The molecule has 0 saturated carbocycles. The van der Waals surface area contributed by atoms with Crippen molar-refractivity contribution in [2.75, 3.05) is 13.7 Å². The number of nitriles is 1. The van der Waals surface area contributed by atoms with Crippen molar-refractivity contribution in [1.82, 2.24) is 9.88 Å². The van der Waals surface area contributed by atoms with Gasteiger partial charge in [-0.25, -0.2) is 0 Å². The molecule has 1 aromatic heterocycles. The number of amides is 1. The van der Waals surface area contributed by atoms with Gasteiger partial charge < -0.3 is 14.6 Å². The van der Waals surface area contributed by atoms with Crippen molar-refractivity contribution in [3.8, 4) is 6.07 Å². The van der Waals surface area contributed by atoms with Crippen LogP contribution in [-0.4, -0.2) is 30.2 Å². The maximum Gasteiger partial charge on any atom is 0.240 e. The van der Waals surface area contributed by atoms with Crippen molar-refractivity contribution in [2.24, 2.45) is 0 Å². The van der Waals surface area contributed by atoms with E-state index in [1.807, 2.05) is 35.9 Å². The number of carbonyl (C=O) groups is 1. The average Bonchev–Trinajstić information content (AvgIpc) is 2.82. The molecule has 0 aliphatic rings. The van der Waals surface area contributed by atoms with E-state index in [2.05, 4.69) is 11.4 Å². The van der Waals surface area contributed by atoms with Crippen molar-refractivity contribution in [1.29, 1.82) is 5.26 Å². The lowest BCUT2D eigenvalue weighted by molar-refractivity contribution is -0.122. The smallest absolute Gasteiger partial charge is 0.240 e. The van der Waals surface area contributed by atoms with Crippen molar-refractivity contribution < 1.29 is 9.53 Å². The van der Waals surface area contributed by atoms with Crippen LogP contribution in [0.3, 0.4) is 0 Å². The number of fused-ring (bicyclic) bond motifs is 1. The molecule has 5 nitrogen and oxygen atoms in total. The van der Waals surface area contributed by atoms with E-state index >= 15 is 0 Å². The van der Waals surface area contributed by atoms with Crippen LogP contribution in [0.2, 0.25) is 0 Å². The summed E-state index contributed by atoms with van der Waals surface area (Å²) in [5.41, 5.74) is 1.51. The number of nitrogens with zero attached hydrogens (tertiary/aromatic N) is 2. The Morgan fingerprint density at radius 1 is 1.50 bits per heavy atom. The van der Waals surface area contributed by atoms with Crippen molar-refractivity contribution in [2.45, 2.75) is 19.5 Å². The minimum absolute atomic E-state index is 0.0241. The maximum absolute atomic E-state index is 11.9. The van der Waals surface area contributed by atoms with E-state index in [1.54, 1.807) is 13.2 Å². The Kier molecular flexibility index (Phi) is 4.38. The Morgan fingerprint density at radius 2 is 2.30 bits per heavy atom. The first-order valence-electron chi connectivity index (χ1n) is 6.42. The summed E-state index contributed by atoms with van der Waals surface area (Å²) < 4.78 is 6.82. The molecular weight excluding hydrogens is 254 g/mol. The minimum Gasteiger partial charge on any atom is -0.383 e. The van der Waals surface area contributed by atoms with Gasteiger partial charge in [0.15, 0.2) is 0 Å². The second kappa shape index (κ2) is 6.22. The zero-order chi connectivity index (χ0) is 14.5. The lowest BCUT2D eigenvalue weighted by Gasteiger charge is -2.13. The number of hydrogen-bond acceptors (Lipinski definition) is 3. The van der Waals surface area contributed by atoms with Gasteiger partial charge in [-0.2, -0.15) is 5.26 Å². The molecule has 0 saturated heterocycles. The largest absolute Gasteiger partial charge is 0.383 e. The highest BCUT2D eigenvalue weighted by atomic mass is 16.5. The number of nitrogens with one attached hydrogen (secondary N) is 1. The van der Waals surface area contributed by atoms with E-state index in [0.717, 1.165) is 10.9 Å². The van der Waals surface area contributed by atoms with Crippen LogP contribution in [0.1, 0.15) is 12.5 Å². The Hall–Kier alpha value is -2.32. The third kappa shape index (κ3) is 2.98. The Labute approximate surface area is 117 Å². The fraction of sp³-hybridized carbons (Fsp3) is 0.333. The summed E-state index contributed by atoms with van der Waals surface area (Å²) in [5, 5.41) is 12.8. The van der Waals surface area contributed by atoms with Crippen LogP contribution in [-0.2, 0) is 16.1 Å². The summed E-state index contributed by atoms with van der Waals surface area (Å²) in [5.74, 6) is -0.0746. The summed E-state index contributed by atoms with van der Waals surface area (Å²) in [4.78, 5) is 11.9. The quantitative estimate of drug-likeness (QED) is 0.899. The number of hydrogen-bond donors (Lipinski definition) is 1. The molecular formula is C15H17N3O2. The number of carbonyl (C=O) groups excluding carboxylic acids is 1. The predicted molar refractivity (Wildman–Crippen MR) is 76.1 cm³/mol. The molecule has 0 fully saturated rings. The van der Waals surface area contributed by atoms with Gasteiger partial charge in [0, 0.05) is 30.3 Å². The third-order valence-electron chi connectivity index (χ3n) is 3.07. The van der Waals surface area contributed by atoms with E-state index in [0.29, 0.717) is 12.2 Å². The van der Waals surface area contributed by atoms with Crippen LogP contribution in [0.15, 0.2) is 30.5 Å². The molecule has 0 aliphatic carbocycles. The van der Waals surface area contributed by atoms with Crippen LogP contribution in [0.5, 0.6) is 0 Å². The summed E-state index contributed by atoms with van der Waals surface area (Å²) in [6, 6.07) is 9.49. The standard InChI is InChI=1S/C15H17N3O2/c1-11(10-20-2)17-15(19)9-18-7-6-13-12(8-16)4-3-5-14(13)18/h3-7,11H,9-10H2,1-2H3,(H,17,19). The van der Waals surface area contributed by atoms with E-state index in [9.17, 15) is 4.79 Å². The van der Waals surface area contributed by atoms with Gasteiger partial charge in [0.05, 0.1) is 18.2 Å². The van der Waals surface area contributed by atoms with Gasteiger partial charge in [-0.3, -0.25) is 4.79 Å². The first-order valence-corrected chi connectivity index (χ1v) is 6.42. The summed E-state index contributed by atoms with van der Waals surface area (Å²) in [7, 11) is 1.60. The molecule has 20 heavy (non-hydrogen) atoms. The molecule has 104 valence electrons. The fourth-order valence-electron chi connectivity index (χ4n) is 2.23. The van der Waals surface area contributed by atoms with E-state index in [-0.39, 0.29) is 18.5 Å². The van der Waals surface area contributed by atoms with Gasteiger partial charge in [0.1, 0.15) is 6.54 Å². The molecule has 1 aromatic carbocycles. The molecule has 1 N–H and O–H groups in total. The molecule has 2 aromatic rings. The van der Waals surface area contributed by atoms with Crippen LogP contribution >= 0.6 is 0 Å². The number of ether oxygens (including phenoxy) is 1. The van der Waals surface area contributed by atoms with Gasteiger partial charge >= 0.3 is 0 Å². The average molecular weight is 271 g/mol. The molecule has 1 heterocycles. The third-order valence-corrected chi connectivity index (χ3v) is 3.07. The molecule has 1 amide bonds. The van der Waals surface area contributed by atoms with Gasteiger partial charge in [-0.05, 0) is 25.1 Å². The molecule has 0 spiro atoms. The summed E-state index contributed by atoms with van der Waals surface area (Å²) >= 11 is 0. The van der Waals surface area contributed by atoms with Crippen LogP contribution in [0, 0.1) is 11.3 Å². The van der Waals surface area contributed by atoms with Crippen LogP contribution in [0.4, 0.5) is 0 Å².